The van der Waals surface area contributed by atoms with E-state index in [1.165, 1.54) is 11.8 Å². The number of pyridine rings is 1. The lowest BCUT2D eigenvalue weighted by atomic mass is 10.2. The predicted molar refractivity (Wildman–Crippen MR) is 87.2 cm³/mol. The average molecular weight is 331 g/mol. The highest BCUT2D eigenvalue weighted by Crippen LogP contribution is 2.37. The zero-order chi connectivity index (χ0) is 16.4. The Kier molecular flexibility index (Phi) is 4.38. The first-order chi connectivity index (χ1) is 11.0. The van der Waals surface area contributed by atoms with Crippen molar-refractivity contribution >= 4 is 29.3 Å². The molecule has 2 aromatic heterocycles. The maximum Gasteiger partial charge on any atom is 0.240 e. The van der Waals surface area contributed by atoms with Gasteiger partial charge in [-0.2, -0.15) is 0 Å². The number of carbonyl (C=O) groups excluding carboxylic acids is 2. The van der Waals surface area contributed by atoms with Crippen LogP contribution in [0.5, 0.6) is 0 Å². The second kappa shape index (κ2) is 6.45. The van der Waals surface area contributed by atoms with Gasteiger partial charge in [-0.15, -0.1) is 0 Å². The minimum absolute atomic E-state index is 0.0838. The van der Waals surface area contributed by atoms with Gasteiger partial charge in [0.05, 0.1) is 17.5 Å². The number of aryl methyl sites for hydroxylation is 1. The number of thioether (sulfide) groups is 1. The number of fused-ring (bicyclic) bond motifs is 1. The van der Waals surface area contributed by atoms with Gasteiger partial charge in [-0.3, -0.25) is 9.59 Å². The molecule has 0 aliphatic carbocycles. The molecule has 0 bridgehead atoms. The number of amides is 2. The van der Waals surface area contributed by atoms with Crippen LogP contribution in [0.3, 0.4) is 0 Å². The summed E-state index contributed by atoms with van der Waals surface area (Å²) < 4.78 is 5.40. The minimum Gasteiger partial charge on any atom is -0.465 e. The van der Waals surface area contributed by atoms with Crippen molar-refractivity contribution in [3.05, 3.63) is 42.0 Å². The molecular weight excluding hydrogens is 314 g/mol. The van der Waals surface area contributed by atoms with E-state index in [9.17, 15) is 9.59 Å². The summed E-state index contributed by atoms with van der Waals surface area (Å²) in [5, 5.41) is 3.10. The number of carbonyl (C=O) groups is 2. The van der Waals surface area contributed by atoms with E-state index in [2.05, 4.69) is 10.3 Å². The summed E-state index contributed by atoms with van der Waals surface area (Å²) in [6.07, 6.45) is 1.80. The molecule has 6 nitrogen and oxygen atoms in total. The van der Waals surface area contributed by atoms with Crippen molar-refractivity contribution in [1.82, 2.24) is 10.3 Å². The highest BCUT2D eigenvalue weighted by molar-refractivity contribution is 8.00. The summed E-state index contributed by atoms with van der Waals surface area (Å²) >= 11 is 1.34. The third-order valence-corrected chi connectivity index (χ3v) is 4.79. The number of rotatable bonds is 4. The van der Waals surface area contributed by atoms with E-state index < -0.39 is 5.25 Å². The van der Waals surface area contributed by atoms with Gasteiger partial charge in [-0.25, -0.2) is 4.98 Å². The van der Waals surface area contributed by atoms with Gasteiger partial charge < -0.3 is 14.6 Å². The SMILES string of the molecule is Cc1ccc(CNC(=O)CC2Sc3ncccc3N(C)C2=O)o1. The predicted octanol–water partition coefficient (Wildman–Crippen LogP) is 2.13. The molecule has 2 aromatic rings. The Hall–Kier alpha value is -2.28. The van der Waals surface area contributed by atoms with E-state index in [1.54, 1.807) is 24.2 Å². The van der Waals surface area contributed by atoms with Gasteiger partial charge in [0, 0.05) is 19.7 Å². The largest absolute Gasteiger partial charge is 0.465 e. The molecule has 0 saturated heterocycles. The number of nitrogens with zero attached hydrogens (tertiary/aromatic N) is 2. The van der Waals surface area contributed by atoms with Crippen LogP contribution in [-0.4, -0.2) is 29.1 Å². The molecule has 1 atom stereocenters. The Balaban J connectivity index is 1.61. The summed E-state index contributed by atoms with van der Waals surface area (Å²) in [5.41, 5.74) is 0.783. The highest BCUT2D eigenvalue weighted by atomic mass is 32.2. The quantitative estimate of drug-likeness (QED) is 0.929. The van der Waals surface area contributed by atoms with Crippen molar-refractivity contribution in [3.8, 4) is 0 Å². The van der Waals surface area contributed by atoms with Gasteiger partial charge in [0.1, 0.15) is 16.5 Å². The molecule has 1 aliphatic heterocycles. The number of nitrogens with one attached hydrogen (secondary N) is 1. The monoisotopic (exact) mass is 331 g/mol. The molecule has 0 radical (unpaired) electrons. The molecule has 120 valence electrons. The van der Waals surface area contributed by atoms with Gasteiger partial charge in [-0.1, -0.05) is 11.8 Å². The van der Waals surface area contributed by atoms with Crippen LogP contribution in [0.25, 0.3) is 0 Å². The summed E-state index contributed by atoms with van der Waals surface area (Å²) in [7, 11) is 1.71. The van der Waals surface area contributed by atoms with Gasteiger partial charge in [-0.05, 0) is 31.2 Å². The minimum atomic E-state index is -0.458. The standard InChI is InChI=1S/C16H17N3O3S/c1-10-5-6-11(22-10)9-18-14(20)8-13-16(21)19(2)12-4-3-7-17-15(12)23-13/h3-7,13H,8-9H2,1-2H3,(H,18,20). The maximum atomic E-state index is 12.4. The maximum absolute atomic E-state index is 12.4. The summed E-state index contributed by atoms with van der Waals surface area (Å²) in [4.78, 5) is 30.3. The number of hydrogen-bond donors (Lipinski definition) is 1. The van der Waals surface area contributed by atoms with E-state index in [1.807, 2.05) is 25.1 Å². The zero-order valence-corrected chi connectivity index (χ0v) is 13.7. The Morgan fingerprint density at radius 1 is 1.43 bits per heavy atom. The molecule has 0 saturated carbocycles. The normalized spacial score (nSPS) is 17.0. The molecule has 3 heterocycles. The molecule has 23 heavy (non-hydrogen) atoms. The van der Waals surface area contributed by atoms with Crippen molar-refractivity contribution in [3.63, 3.8) is 0 Å². The zero-order valence-electron chi connectivity index (χ0n) is 12.9. The smallest absolute Gasteiger partial charge is 0.240 e. The summed E-state index contributed by atoms with van der Waals surface area (Å²) in [6, 6.07) is 7.31. The molecule has 0 aromatic carbocycles. The first kappa shape index (κ1) is 15.6. The molecule has 3 rings (SSSR count). The fraction of sp³-hybridized carbons (Fsp3) is 0.312. The van der Waals surface area contributed by atoms with E-state index in [-0.39, 0.29) is 18.2 Å². The second-order valence-electron chi connectivity index (χ2n) is 5.32. The van der Waals surface area contributed by atoms with Gasteiger partial charge in [0.2, 0.25) is 11.8 Å². The molecule has 1 N–H and O–H groups in total. The van der Waals surface area contributed by atoms with Crippen molar-refractivity contribution < 1.29 is 14.0 Å². The third kappa shape index (κ3) is 3.39. The van der Waals surface area contributed by atoms with Crippen LogP contribution in [0, 0.1) is 6.92 Å². The highest BCUT2D eigenvalue weighted by Gasteiger charge is 2.33. The third-order valence-electron chi connectivity index (χ3n) is 3.60. The van der Waals surface area contributed by atoms with Crippen LogP contribution < -0.4 is 10.2 Å². The van der Waals surface area contributed by atoms with Crippen molar-refractivity contribution in [2.75, 3.05) is 11.9 Å². The van der Waals surface area contributed by atoms with Crippen LogP contribution in [-0.2, 0) is 16.1 Å². The molecule has 7 heteroatoms. The van der Waals surface area contributed by atoms with Crippen LogP contribution in [0.2, 0.25) is 0 Å². The molecular formula is C16H17N3O3S. The van der Waals surface area contributed by atoms with E-state index >= 15 is 0 Å². The van der Waals surface area contributed by atoms with Crippen molar-refractivity contribution in [2.45, 2.75) is 30.2 Å². The number of aromatic nitrogens is 1. The number of hydrogen-bond acceptors (Lipinski definition) is 5. The molecule has 0 fully saturated rings. The van der Waals surface area contributed by atoms with Gasteiger partial charge >= 0.3 is 0 Å². The number of furan rings is 1. The molecule has 1 unspecified atom stereocenters. The lowest BCUT2D eigenvalue weighted by molar-refractivity contribution is -0.124. The van der Waals surface area contributed by atoms with Gasteiger partial charge in [0.15, 0.2) is 0 Å². The van der Waals surface area contributed by atoms with Crippen LogP contribution >= 0.6 is 11.8 Å². The topological polar surface area (TPSA) is 75.4 Å². The molecule has 1 aliphatic rings. The lowest BCUT2D eigenvalue weighted by Crippen LogP contribution is -2.41. The Labute approximate surface area is 138 Å². The van der Waals surface area contributed by atoms with E-state index in [0.29, 0.717) is 12.3 Å². The van der Waals surface area contributed by atoms with E-state index in [0.717, 1.165) is 16.5 Å². The first-order valence-electron chi connectivity index (χ1n) is 7.26. The van der Waals surface area contributed by atoms with Gasteiger partial charge in [0.25, 0.3) is 0 Å². The first-order valence-corrected chi connectivity index (χ1v) is 8.14. The fourth-order valence-electron chi connectivity index (χ4n) is 2.38. The van der Waals surface area contributed by atoms with Crippen molar-refractivity contribution in [2.24, 2.45) is 0 Å². The average Bonchev–Trinajstić information content (AvgIpc) is 2.96. The lowest BCUT2D eigenvalue weighted by Gasteiger charge is -2.29. The van der Waals surface area contributed by atoms with Crippen molar-refractivity contribution in [1.29, 1.82) is 0 Å². The Morgan fingerprint density at radius 2 is 2.26 bits per heavy atom. The molecule has 2 amide bonds. The summed E-state index contributed by atoms with van der Waals surface area (Å²) in [5.74, 6) is 1.23. The Bertz CT molecular complexity index is 744. The Morgan fingerprint density at radius 3 is 3.00 bits per heavy atom. The second-order valence-corrected chi connectivity index (χ2v) is 6.52. The van der Waals surface area contributed by atoms with Crippen LogP contribution in [0.4, 0.5) is 5.69 Å². The number of anilines is 1. The van der Waals surface area contributed by atoms with Crippen LogP contribution in [0.15, 0.2) is 39.9 Å². The van der Waals surface area contributed by atoms with Crippen LogP contribution in [0.1, 0.15) is 17.9 Å². The molecule has 0 spiro atoms. The summed E-state index contributed by atoms with van der Waals surface area (Å²) in [6.45, 7) is 2.17. The van der Waals surface area contributed by atoms with E-state index in [4.69, 9.17) is 4.42 Å². The fourth-order valence-corrected chi connectivity index (χ4v) is 3.59.